The van der Waals surface area contributed by atoms with Gasteiger partial charge in [0.25, 0.3) is 0 Å². The van der Waals surface area contributed by atoms with E-state index < -0.39 is 0 Å². The molecule has 2 atom stereocenters. The molecule has 0 N–H and O–H groups in total. The van der Waals surface area contributed by atoms with E-state index in [1.807, 2.05) is 0 Å². The third-order valence-electron chi connectivity index (χ3n) is 5.95. The van der Waals surface area contributed by atoms with Gasteiger partial charge in [-0.05, 0) is 37.5 Å². The summed E-state index contributed by atoms with van der Waals surface area (Å²) in [5.74, 6) is 1.87. The quantitative estimate of drug-likeness (QED) is 0.161. The summed E-state index contributed by atoms with van der Waals surface area (Å²) in [6.07, 6.45) is 28.9. The van der Waals surface area contributed by atoms with Gasteiger partial charge in [0.2, 0.25) is 0 Å². The van der Waals surface area contributed by atoms with Gasteiger partial charge in [-0.25, -0.2) is 0 Å². The first-order chi connectivity index (χ1) is 12.2. The van der Waals surface area contributed by atoms with Crippen molar-refractivity contribution in [2.75, 3.05) is 0 Å². The lowest BCUT2D eigenvalue weighted by Crippen LogP contribution is -1.91. The Bertz CT molecular complexity index is 265. The zero-order valence-electron chi connectivity index (χ0n) is 18.3. The topological polar surface area (TPSA) is 0 Å². The minimum Gasteiger partial charge on any atom is -0.0885 e. The van der Waals surface area contributed by atoms with E-state index in [2.05, 4.69) is 39.8 Å². The van der Waals surface area contributed by atoms with Crippen LogP contribution in [0, 0.1) is 11.8 Å². The lowest BCUT2D eigenvalue weighted by molar-refractivity contribution is 0.469. The van der Waals surface area contributed by atoms with Gasteiger partial charge >= 0.3 is 0 Å². The SMILES string of the molecule is CCC(C)CCCCC/C=C\CCCCCCCCCCC(C)CC. The molecule has 0 saturated heterocycles. The predicted octanol–water partition coefficient (Wildman–Crippen LogP) is 9.49. The van der Waals surface area contributed by atoms with Gasteiger partial charge in [-0.15, -0.1) is 0 Å². The standard InChI is InChI=1S/C25H50/c1-5-24(3)22-20-18-16-14-12-10-8-7-9-11-13-15-17-19-21-23-25(4)6-2/h10,12,24-25H,5-9,11,13-23H2,1-4H3/b12-10-. The Kier molecular flexibility index (Phi) is 19.8. The largest absolute Gasteiger partial charge is 0.0885 e. The maximum Gasteiger partial charge on any atom is -0.0351 e. The van der Waals surface area contributed by atoms with Crippen LogP contribution in [0.5, 0.6) is 0 Å². The highest BCUT2D eigenvalue weighted by Crippen LogP contribution is 2.15. The molecule has 0 aromatic rings. The molecule has 25 heavy (non-hydrogen) atoms. The summed E-state index contributed by atoms with van der Waals surface area (Å²) in [5, 5.41) is 0. The zero-order chi connectivity index (χ0) is 18.6. The monoisotopic (exact) mass is 350 g/mol. The van der Waals surface area contributed by atoms with Gasteiger partial charge in [-0.1, -0.05) is 123 Å². The highest BCUT2D eigenvalue weighted by Gasteiger charge is 1.98. The van der Waals surface area contributed by atoms with Crippen LogP contribution >= 0.6 is 0 Å². The molecule has 0 aromatic carbocycles. The normalized spacial score (nSPS) is 14.2. The third kappa shape index (κ3) is 19.9. The summed E-state index contributed by atoms with van der Waals surface area (Å²) in [4.78, 5) is 0. The maximum atomic E-state index is 2.43. The van der Waals surface area contributed by atoms with E-state index >= 15 is 0 Å². The Morgan fingerprint density at radius 2 is 0.800 bits per heavy atom. The van der Waals surface area contributed by atoms with E-state index in [1.165, 1.54) is 109 Å². The van der Waals surface area contributed by atoms with Gasteiger partial charge in [0.15, 0.2) is 0 Å². The lowest BCUT2D eigenvalue weighted by Gasteiger charge is -2.07. The second-order valence-corrected chi connectivity index (χ2v) is 8.54. The molecule has 2 unspecified atom stereocenters. The molecular weight excluding hydrogens is 300 g/mol. The van der Waals surface area contributed by atoms with Gasteiger partial charge in [0.1, 0.15) is 0 Å². The first-order valence-corrected chi connectivity index (χ1v) is 11.9. The fourth-order valence-electron chi connectivity index (χ4n) is 3.39. The van der Waals surface area contributed by atoms with Crippen LogP contribution in [0.4, 0.5) is 0 Å². The van der Waals surface area contributed by atoms with E-state index in [9.17, 15) is 0 Å². The molecule has 0 heterocycles. The summed E-state index contributed by atoms with van der Waals surface area (Å²) in [6, 6.07) is 0. The first-order valence-electron chi connectivity index (χ1n) is 11.9. The molecule has 0 aliphatic carbocycles. The number of hydrogen-bond acceptors (Lipinski definition) is 0. The van der Waals surface area contributed by atoms with Crippen LogP contribution in [0.2, 0.25) is 0 Å². The Morgan fingerprint density at radius 1 is 0.480 bits per heavy atom. The summed E-state index contributed by atoms with van der Waals surface area (Å²) in [7, 11) is 0. The average molecular weight is 351 g/mol. The molecule has 0 saturated carbocycles. The van der Waals surface area contributed by atoms with Crippen molar-refractivity contribution in [1.82, 2.24) is 0 Å². The first kappa shape index (κ1) is 24.7. The third-order valence-corrected chi connectivity index (χ3v) is 5.95. The van der Waals surface area contributed by atoms with Crippen LogP contribution in [-0.4, -0.2) is 0 Å². The molecule has 0 rings (SSSR count). The smallest absolute Gasteiger partial charge is 0.0351 e. The molecule has 0 bridgehead atoms. The molecule has 150 valence electrons. The molecule has 0 aliphatic rings. The number of unbranched alkanes of at least 4 members (excludes halogenated alkanes) is 11. The van der Waals surface area contributed by atoms with Gasteiger partial charge < -0.3 is 0 Å². The Hall–Kier alpha value is -0.260. The highest BCUT2D eigenvalue weighted by atomic mass is 14.0. The molecule has 0 spiro atoms. The van der Waals surface area contributed by atoms with Gasteiger partial charge in [-0.2, -0.15) is 0 Å². The highest BCUT2D eigenvalue weighted by molar-refractivity contribution is 4.81. The van der Waals surface area contributed by atoms with Gasteiger partial charge in [0, 0.05) is 0 Å². The number of allylic oxidation sites excluding steroid dienone is 2. The fourth-order valence-corrected chi connectivity index (χ4v) is 3.39. The lowest BCUT2D eigenvalue weighted by atomic mass is 9.99. The molecule has 0 heteroatoms. The van der Waals surface area contributed by atoms with Crippen LogP contribution in [0.25, 0.3) is 0 Å². The second-order valence-electron chi connectivity index (χ2n) is 8.54. The summed E-state index contributed by atoms with van der Waals surface area (Å²) in [5.41, 5.74) is 0. The van der Waals surface area contributed by atoms with E-state index in [0.717, 1.165) is 11.8 Å². The minimum atomic E-state index is 0.931. The molecule has 0 nitrogen and oxygen atoms in total. The number of hydrogen-bond donors (Lipinski definition) is 0. The van der Waals surface area contributed by atoms with E-state index in [0.29, 0.717) is 0 Å². The Labute approximate surface area is 161 Å². The molecule has 0 aromatic heterocycles. The zero-order valence-corrected chi connectivity index (χ0v) is 18.3. The van der Waals surface area contributed by atoms with Crippen molar-refractivity contribution in [2.24, 2.45) is 11.8 Å². The van der Waals surface area contributed by atoms with Crippen molar-refractivity contribution in [2.45, 2.75) is 137 Å². The molecule has 0 aliphatic heterocycles. The van der Waals surface area contributed by atoms with E-state index in [4.69, 9.17) is 0 Å². The van der Waals surface area contributed by atoms with Crippen LogP contribution in [-0.2, 0) is 0 Å². The molecule has 0 radical (unpaired) electrons. The van der Waals surface area contributed by atoms with Crippen molar-refractivity contribution in [3.05, 3.63) is 12.2 Å². The van der Waals surface area contributed by atoms with E-state index in [1.54, 1.807) is 0 Å². The summed E-state index contributed by atoms with van der Waals surface area (Å²) < 4.78 is 0. The average Bonchev–Trinajstić information content (AvgIpc) is 2.63. The van der Waals surface area contributed by atoms with Crippen LogP contribution in [0.1, 0.15) is 137 Å². The Morgan fingerprint density at radius 3 is 1.20 bits per heavy atom. The second kappa shape index (κ2) is 20.1. The molecule has 0 amide bonds. The molecule has 0 fully saturated rings. The van der Waals surface area contributed by atoms with E-state index in [-0.39, 0.29) is 0 Å². The fraction of sp³-hybridized carbons (Fsp3) is 0.920. The minimum absolute atomic E-state index is 0.931. The maximum absolute atomic E-state index is 2.43. The van der Waals surface area contributed by atoms with Crippen molar-refractivity contribution in [3.63, 3.8) is 0 Å². The van der Waals surface area contributed by atoms with Crippen LogP contribution < -0.4 is 0 Å². The van der Waals surface area contributed by atoms with Crippen molar-refractivity contribution in [3.8, 4) is 0 Å². The van der Waals surface area contributed by atoms with Crippen LogP contribution in [0.3, 0.4) is 0 Å². The van der Waals surface area contributed by atoms with Crippen LogP contribution in [0.15, 0.2) is 12.2 Å². The predicted molar refractivity (Wildman–Crippen MR) is 117 cm³/mol. The van der Waals surface area contributed by atoms with Crippen molar-refractivity contribution in [1.29, 1.82) is 0 Å². The van der Waals surface area contributed by atoms with Gasteiger partial charge in [0.05, 0.1) is 0 Å². The Balaban J connectivity index is 3.13. The molecular formula is C25H50. The van der Waals surface area contributed by atoms with Crippen molar-refractivity contribution < 1.29 is 0 Å². The van der Waals surface area contributed by atoms with Crippen molar-refractivity contribution >= 4 is 0 Å². The van der Waals surface area contributed by atoms with Gasteiger partial charge in [-0.3, -0.25) is 0 Å². The summed E-state index contributed by atoms with van der Waals surface area (Å²) >= 11 is 0. The number of rotatable bonds is 19. The summed E-state index contributed by atoms with van der Waals surface area (Å²) in [6.45, 7) is 9.40.